The molecule has 0 aliphatic carbocycles. The van der Waals surface area contributed by atoms with Crippen LogP contribution in [0.2, 0.25) is 0 Å². The first kappa shape index (κ1) is 54.3. The van der Waals surface area contributed by atoms with Crippen LogP contribution in [0.25, 0.3) is 0 Å². The summed E-state index contributed by atoms with van der Waals surface area (Å²) < 4.78 is 5.46. The third kappa shape index (κ3) is 42.0. The number of allylic oxidation sites excluding steroid dienone is 3. The third-order valence-corrected chi connectivity index (χ3v) is 11.2. The second-order valence-corrected chi connectivity index (χ2v) is 16.8. The van der Waals surface area contributed by atoms with E-state index in [1.165, 1.54) is 186 Å². The fourth-order valence-electron chi connectivity index (χ4n) is 7.39. The molecule has 2 unspecified atom stereocenters. The Morgan fingerprint density at radius 2 is 0.839 bits per heavy atom. The largest absolute Gasteiger partial charge is 0.466 e. The predicted octanol–water partition coefficient (Wildman–Crippen LogP) is 14.3. The van der Waals surface area contributed by atoms with E-state index in [1.54, 1.807) is 6.08 Å². The van der Waals surface area contributed by atoms with Gasteiger partial charge < -0.3 is 20.3 Å². The van der Waals surface area contributed by atoms with Crippen molar-refractivity contribution in [2.45, 2.75) is 270 Å². The summed E-state index contributed by atoms with van der Waals surface area (Å²) in [6.45, 7) is 4.84. The molecule has 6 heteroatoms. The second kappa shape index (κ2) is 46.0. The monoisotopic (exact) mass is 790 g/mol. The minimum absolute atomic E-state index is 0.00719. The molecule has 0 spiro atoms. The number of amides is 1. The van der Waals surface area contributed by atoms with E-state index in [1.807, 2.05) is 6.08 Å². The van der Waals surface area contributed by atoms with Gasteiger partial charge in [0, 0.05) is 12.8 Å². The van der Waals surface area contributed by atoms with Crippen LogP contribution in [0.4, 0.5) is 0 Å². The Hall–Kier alpha value is -1.66. The van der Waals surface area contributed by atoms with Crippen LogP contribution in [0.5, 0.6) is 0 Å². The third-order valence-electron chi connectivity index (χ3n) is 11.2. The Bertz CT molecular complexity index is 874. The Labute approximate surface area is 348 Å². The van der Waals surface area contributed by atoms with Gasteiger partial charge in [-0.05, 0) is 57.8 Å². The molecular weight excluding hydrogens is 695 g/mol. The number of aliphatic hydroxyl groups is 2. The number of esters is 1. The van der Waals surface area contributed by atoms with Gasteiger partial charge in [-0.15, -0.1) is 0 Å². The van der Waals surface area contributed by atoms with Crippen LogP contribution in [0.3, 0.4) is 0 Å². The lowest BCUT2D eigenvalue weighted by molar-refractivity contribution is -0.143. The molecule has 6 nitrogen and oxygen atoms in total. The number of hydrogen-bond acceptors (Lipinski definition) is 5. The van der Waals surface area contributed by atoms with Crippen LogP contribution in [0.1, 0.15) is 258 Å². The molecule has 0 heterocycles. The van der Waals surface area contributed by atoms with E-state index in [9.17, 15) is 19.8 Å². The Morgan fingerprint density at radius 3 is 1.27 bits per heavy atom. The van der Waals surface area contributed by atoms with Gasteiger partial charge in [0.2, 0.25) is 5.91 Å². The molecule has 3 N–H and O–H groups in total. The average Bonchev–Trinajstić information content (AvgIpc) is 3.20. The van der Waals surface area contributed by atoms with E-state index >= 15 is 0 Å². The van der Waals surface area contributed by atoms with E-state index in [0.29, 0.717) is 19.4 Å². The van der Waals surface area contributed by atoms with Crippen LogP contribution in [-0.4, -0.2) is 47.4 Å². The van der Waals surface area contributed by atoms with Crippen LogP contribution < -0.4 is 5.32 Å². The summed E-state index contributed by atoms with van der Waals surface area (Å²) in [7, 11) is 0. The summed E-state index contributed by atoms with van der Waals surface area (Å²) in [5, 5.41) is 22.9. The minimum atomic E-state index is -0.846. The molecule has 0 saturated carbocycles. The number of ether oxygens (including phenoxy) is 1. The number of hydrogen-bond donors (Lipinski definition) is 3. The molecule has 0 aromatic carbocycles. The van der Waals surface area contributed by atoms with Gasteiger partial charge in [0.1, 0.15) is 0 Å². The zero-order chi connectivity index (χ0) is 40.8. The minimum Gasteiger partial charge on any atom is -0.466 e. The maximum Gasteiger partial charge on any atom is 0.305 e. The van der Waals surface area contributed by atoms with Crippen molar-refractivity contribution in [1.29, 1.82) is 0 Å². The highest BCUT2D eigenvalue weighted by atomic mass is 16.5. The number of unbranched alkanes of at least 4 members (excludes halogenated alkanes) is 32. The number of carbonyl (C=O) groups excluding carboxylic acids is 2. The van der Waals surface area contributed by atoms with Gasteiger partial charge in [0.05, 0.1) is 25.4 Å². The van der Waals surface area contributed by atoms with Crippen molar-refractivity contribution < 1.29 is 24.5 Å². The molecule has 0 rings (SSSR count). The zero-order valence-corrected chi connectivity index (χ0v) is 37.4. The predicted molar refractivity (Wildman–Crippen MR) is 241 cm³/mol. The summed E-state index contributed by atoms with van der Waals surface area (Å²) in [5.74, 6) is -0.0854. The molecule has 56 heavy (non-hydrogen) atoms. The maximum atomic E-state index is 12.4. The van der Waals surface area contributed by atoms with Crippen molar-refractivity contribution in [2.75, 3.05) is 13.2 Å². The van der Waals surface area contributed by atoms with Crippen LogP contribution in [-0.2, 0) is 14.3 Å². The molecule has 0 aromatic heterocycles. The Kier molecular flexibility index (Phi) is 44.7. The SMILES string of the molecule is CCCCCCC/C=C\CCCCCCCC(=O)OCCCCCCCCCCCCCCCCCCC(=O)NC(CO)C(O)/C=C/CCCCCCCCC. The molecule has 0 fully saturated rings. The van der Waals surface area contributed by atoms with E-state index in [-0.39, 0.29) is 18.5 Å². The van der Waals surface area contributed by atoms with Crippen molar-refractivity contribution in [3.63, 3.8) is 0 Å². The van der Waals surface area contributed by atoms with Gasteiger partial charge in [-0.1, -0.05) is 212 Å². The summed E-state index contributed by atoms with van der Waals surface area (Å²) >= 11 is 0. The lowest BCUT2D eigenvalue weighted by Gasteiger charge is -2.20. The molecule has 0 saturated heterocycles. The molecule has 0 radical (unpaired) electrons. The molecular formula is C50H95NO5. The first-order valence-corrected chi connectivity index (χ1v) is 24.6. The fraction of sp³-hybridized carbons (Fsp3) is 0.880. The van der Waals surface area contributed by atoms with E-state index in [2.05, 4.69) is 31.3 Å². The van der Waals surface area contributed by atoms with Gasteiger partial charge in [-0.2, -0.15) is 0 Å². The first-order valence-electron chi connectivity index (χ1n) is 24.6. The normalized spacial score (nSPS) is 12.9. The van der Waals surface area contributed by atoms with Crippen LogP contribution in [0.15, 0.2) is 24.3 Å². The van der Waals surface area contributed by atoms with Crippen molar-refractivity contribution in [3.05, 3.63) is 24.3 Å². The molecule has 0 bridgehead atoms. The summed E-state index contributed by atoms with van der Waals surface area (Å²) in [6, 6.07) is -0.630. The second-order valence-electron chi connectivity index (χ2n) is 16.8. The van der Waals surface area contributed by atoms with Gasteiger partial charge in [-0.25, -0.2) is 0 Å². The van der Waals surface area contributed by atoms with Crippen LogP contribution in [0, 0.1) is 0 Å². The molecule has 2 atom stereocenters. The molecule has 0 aromatic rings. The van der Waals surface area contributed by atoms with Crippen molar-refractivity contribution in [3.8, 4) is 0 Å². The topological polar surface area (TPSA) is 95.9 Å². The molecule has 0 aliphatic rings. The number of nitrogens with one attached hydrogen (secondary N) is 1. The maximum absolute atomic E-state index is 12.4. The standard InChI is InChI=1S/C50H95NO5/c1-3-5-7-9-11-13-14-15-21-24-28-32-36-40-44-50(55)56-45-41-37-33-29-25-22-19-17-16-18-20-23-27-31-35-39-43-49(54)51-47(46-52)48(53)42-38-34-30-26-12-10-8-6-4-2/h14-15,38,42,47-48,52-53H,3-13,16-37,39-41,43-46H2,1-2H3,(H,51,54)/b15-14-,42-38+. The van der Waals surface area contributed by atoms with Crippen molar-refractivity contribution in [1.82, 2.24) is 5.32 Å². The van der Waals surface area contributed by atoms with Gasteiger partial charge >= 0.3 is 5.97 Å². The molecule has 1 amide bonds. The molecule has 0 aliphatic heterocycles. The summed E-state index contributed by atoms with van der Waals surface area (Å²) in [6.07, 6.45) is 53.2. The summed E-state index contributed by atoms with van der Waals surface area (Å²) in [5.41, 5.74) is 0. The average molecular weight is 790 g/mol. The highest BCUT2D eigenvalue weighted by Crippen LogP contribution is 2.15. The van der Waals surface area contributed by atoms with Crippen molar-refractivity contribution >= 4 is 11.9 Å². The highest BCUT2D eigenvalue weighted by molar-refractivity contribution is 5.76. The number of rotatable bonds is 45. The summed E-state index contributed by atoms with van der Waals surface area (Å²) in [4.78, 5) is 24.4. The van der Waals surface area contributed by atoms with E-state index in [4.69, 9.17) is 4.74 Å². The van der Waals surface area contributed by atoms with Gasteiger partial charge in [0.15, 0.2) is 0 Å². The Morgan fingerprint density at radius 1 is 0.482 bits per heavy atom. The zero-order valence-electron chi connectivity index (χ0n) is 37.4. The molecule has 330 valence electrons. The fourth-order valence-corrected chi connectivity index (χ4v) is 7.39. The lowest BCUT2D eigenvalue weighted by Crippen LogP contribution is -2.45. The number of aliphatic hydroxyl groups excluding tert-OH is 2. The quantitative estimate of drug-likeness (QED) is 0.0324. The first-order chi connectivity index (χ1) is 27.5. The van der Waals surface area contributed by atoms with Gasteiger partial charge in [-0.3, -0.25) is 9.59 Å². The number of carbonyl (C=O) groups is 2. The van der Waals surface area contributed by atoms with Crippen LogP contribution >= 0.6 is 0 Å². The van der Waals surface area contributed by atoms with Crippen molar-refractivity contribution in [2.24, 2.45) is 0 Å². The highest BCUT2D eigenvalue weighted by Gasteiger charge is 2.18. The Balaban J connectivity index is 3.42. The van der Waals surface area contributed by atoms with Gasteiger partial charge in [0.25, 0.3) is 0 Å². The lowest BCUT2D eigenvalue weighted by atomic mass is 10.0. The van der Waals surface area contributed by atoms with E-state index < -0.39 is 12.1 Å². The van der Waals surface area contributed by atoms with E-state index in [0.717, 1.165) is 44.9 Å². The smallest absolute Gasteiger partial charge is 0.305 e.